The summed E-state index contributed by atoms with van der Waals surface area (Å²) in [5.41, 5.74) is 2.85. The fourth-order valence-corrected chi connectivity index (χ4v) is 0.124. The van der Waals surface area contributed by atoms with Crippen LogP contribution in [0.15, 0.2) is 12.7 Å². The molecular weight excluding hydrogens is 110 g/mol. The fraction of sp³-hybridized carbons (Fsp3) is 0.333. The van der Waals surface area contributed by atoms with E-state index in [9.17, 15) is 10.1 Å². The van der Waals surface area contributed by atoms with Gasteiger partial charge in [0.05, 0.1) is 0 Å². The molecule has 0 aliphatic carbocycles. The highest BCUT2D eigenvalue weighted by Gasteiger charge is 1.67. The third-order valence-corrected chi connectivity index (χ3v) is 0.326. The second kappa shape index (κ2) is 5.90. The van der Waals surface area contributed by atoms with E-state index in [4.69, 9.17) is 0 Å². The molecule has 4 N–H and O–H groups in total. The van der Waals surface area contributed by atoms with E-state index < -0.39 is 5.03 Å². The second-order valence-electron chi connectivity index (χ2n) is 0.851. The van der Waals surface area contributed by atoms with Crippen molar-refractivity contribution in [3.8, 4) is 0 Å². The Morgan fingerprint density at radius 3 is 2.50 bits per heavy atom. The van der Waals surface area contributed by atoms with Crippen LogP contribution in [0.1, 0.15) is 0 Å². The van der Waals surface area contributed by atoms with Gasteiger partial charge in [0.25, 0.3) is 0 Å². The van der Waals surface area contributed by atoms with Crippen LogP contribution in [-0.4, -0.2) is 11.6 Å². The van der Waals surface area contributed by atoms with Crippen molar-refractivity contribution in [2.45, 2.75) is 0 Å². The van der Waals surface area contributed by atoms with Crippen LogP contribution in [0, 0.1) is 10.1 Å². The lowest BCUT2D eigenvalue weighted by atomic mass is 10.7. The van der Waals surface area contributed by atoms with Crippen molar-refractivity contribution in [3.05, 3.63) is 28.2 Å². The first-order valence-corrected chi connectivity index (χ1v) is 1.70. The Labute approximate surface area is 47.1 Å². The topological polar surface area (TPSA) is 93.7 Å². The predicted molar refractivity (Wildman–Crippen MR) is 31.4 cm³/mol. The van der Waals surface area contributed by atoms with Crippen LogP contribution < -0.4 is 6.15 Å². The lowest BCUT2D eigenvalue weighted by Gasteiger charge is -2.01. The Morgan fingerprint density at radius 1 is 1.88 bits per heavy atom. The van der Waals surface area contributed by atoms with E-state index in [0.717, 1.165) is 0 Å². The second-order valence-corrected chi connectivity index (χ2v) is 0.851. The number of nitro groups is 1. The van der Waals surface area contributed by atoms with Crippen LogP contribution in [0.3, 0.4) is 0 Å². The third kappa shape index (κ3) is 8.86. The molecule has 0 unspecified atom stereocenters. The quantitative estimate of drug-likeness (QED) is 0.342. The molecule has 0 rings (SSSR count). The summed E-state index contributed by atoms with van der Waals surface area (Å²) in [6.07, 6.45) is 1.36. The van der Waals surface area contributed by atoms with Gasteiger partial charge >= 0.3 is 0 Å². The monoisotopic (exact) mass is 119 g/mol. The summed E-state index contributed by atoms with van der Waals surface area (Å²) in [7, 11) is 0. The minimum atomic E-state index is -0.734. The summed E-state index contributed by atoms with van der Waals surface area (Å²) >= 11 is 0. The van der Waals surface area contributed by atoms with E-state index in [1.807, 2.05) is 0 Å². The lowest BCUT2D eigenvalue weighted by molar-refractivity contribution is -0.425. The molecule has 0 spiro atoms. The summed E-state index contributed by atoms with van der Waals surface area (Å²) in [4.78, 5) is 9.35. The summed E-state index contributed by atoms with van der Waals surface area (Å²) in [6, 6.07) is 0. The van der Waals surface area contributed by atoms with Gasteiger partial charge in [0.1, 0.15) is 0 Å². The van der Waals surface area contributed by atoms with Crippen LogP contribution in [0.25, 0.3) is 5.43 Å². The van der Waals surface area contributed by atoms with E-state index in [0.29, 0.717) is 0 Å². The molecule has 0 heterocycles. The molecule has 0 bridgehead atoms. The van der Waals surface area contributed by atoms with Gasteiger partial charge in [-0.3, -0.25) is 10.1 Å². The van der Waals surface area contributed by atoms with Gasteiger partial charge in [-0.15, -0.1) is 12.7 Å². The Bertz CT molecular complexity index is 82.6. The largest absolute Gasteiger partial charge is 0.375 e. The Hall–Kier alpha value is -1.10. The number of rotatable bonds is 3. The molecule has 0 fully saturated rings. The fourth-order valence-electron chi connectivity index (χ4n) is 0.124. The Morgan fingerprint density at radius 2 is 2.38 bits per heavy atom. The average molecular weight is 119 g/mol. The van der Waals surface area contributed by atoms with Gasteiger partial charge in [0.15, 0.2) is 0 Å². The van der Waals surface area contributed by atoms with Crippen LogP contribution in [-0.2, 0) is 0 Å². The highest BCUT2D eigenvalue weighted by molar-refractivity contribution is 4.78. The SMILES string of the molecule is C=CC[N-][N+](=O)[O-].[NH4+]. The zero-order valence-electron chi connectivity index (χ0n) is 4.70. The van der Waals surface area contributed by atoms with Crippen molar-refractivity contribution in [1.82, 2.24) is 6.15 Å². The predicted octanol–water partition coefficient (Wildman–Crippen LogP) is 1.11. The van der Waals surface area contributed by atoms with Gasteiger partial charge in [-0.2, -0.15) is 0 Å². The van der Waals surface area contributed by atoms with Crippen LogP contribution >= 0.6 is 0 Å². The normalized spacial score (nSPS) is 6.50. The Balaban J connectivity index is 0. The highest BCUT2D eigenvalue weighted by Crippen LogP contribution is 1.82. The first kappa shape index (κ1) is 10.0. The minimum Gasteiger partial charge on any atom is -0.375 e. The first-order valence-electron chi connectivity index (χ1n) is 1.70. The van der Waals surface area contributed by atoms with E-state index in [-0.39, 0.29) is 12.7 Å². The van der Waals surface area contributed by atoms with Gasteiger partial charge < -0.3 is 11.6 Å². The van der Waals surface area contributed by atoms with E-state index in [1.165, 1.54) is 6.08 Å². The van der Waals surface area contributed by atoms with Gasteiger partial charge in [-0.05, 0) is 5.03 Å². The van der Waals surface area contributed by atoms with Crippen LogP contribution in [0.4, 0.5) is 0 Å². The van der Waals surface area contributed by atoms with Crippen molar-refractivity contribution in [3.63, 3.8) is 0 Å². The highest BCUT2D eigenvalue weighted by atomic mass is 16.7. The van der Waals surface area contributed by atoms with Gasteiger partial charge in [0, 0.05) is 0 Å². The molecule has 0 aromatic rings. The number of hydrogen-bond acceptors (Lipinski definition) is 2. The van der Waals surface area contributed by atoms with Crippen molar-refractivity contribution in [1.29, 1.82) is 0 Å². The maximum atomic E-state index is 9.35. The molecule has 0 aliphatic rings. The molecule has 0 aliphatic heterocycles. The molecule has 0 aromatic heterocycles. The Kier molecular flexibility index (Phi) is 7.38. The number of hydrogen-bond donors (Lipinski definition) is 1. The van der Waals surface area contributed by atoms with Crippen molar-refractivity contribution >= 4 is 0 Å². The molecular formula is C3H9N3O2. The van der Waals surface area contributed by atoms with Crippen LogP contribution in [0.5, 0.6) is 0 Å². The van der Waals surface area contributed by atoms with Crippen molar-refractivity contribution in [2.24, 2.45) is 0 Å². The number of nitrogens with zero attached hydrogens (tertiary/aromatic N) is 2. The molecule has 48 valence electrons. The molecule has 5 nitrogen and oxygen atoms in total. The standard InChI is InChI=1S/C3H5N2O2.H3N/c1-2-3-4-5(6)7;/h2H,1,3H2;1H3/q-1;/p+1. The summed E-state index contributed by atoms with van der Waals surface area (Å²) < 4.78 is 0. The first-order chi connectivity index (χ1) is 3.27. The summed E-state index contributed by atoms with van der Waals surface area (Å²) in [6.45, 7) is 3.32. The minimum absolute atomic E-state index is 0. The van der Waals surface area contributed by atoms with Crippen molar-refractivity contribution < 1.29 is 5.03 Å². The maximum Gasteiger partial charge on any atom is -0.0124 e. The third-order valence-electron chi connectivity index (χ3n) is 0.326. The van der Waals surface area contributed by atoms with Gasteiger partial charge in [-0.1, -0.05) is 6.54 Å². The molecule has 0 saturated carbocycles. The lowest BCUT2D eigenvalue weighted by Crippen LogP contribution is -1.89. The van der Waals surface area contributed by atoms with Crippen molar-refractivity contribution in [2.75, 3.05) is 6.54 Å². The average Bonchev–Trinajstić information content (AvgIpc) is 1.61. The van der Waals surface area contributed by atoms with E-state index in [1.54, 1.807) is 0 Å². The smallest absolute Gasteiger partial charge is 0.0124 e. The van der Waals surface area contributed by atoms with E-state index in [2.05, 4.69) is 12.0 Å². The molecule has 0 amide bonds. The molecule has 0 atom stereocenters. The summed E-state index contributed by atoms with van der Waals surface area (Å²) in [5, 5.41) is 8.61. The molecule has 0 saturated heterocycles. The zero-order valence-corrected chi connectivity index (χ0v) is 4.70. The zero-order chi connectivity index (χ0) is 5.70. The summed E-state index contributed by atoms with van der Waals surface area (Å²) in [5.74, 6) is 0. The molecule has 8 heavy (non-hydrogen) atoms. The molecule has 0 aromatic carbocycles. The van der Waals surface area contributed by atoms with Gasteiger partial charge in [0.2, 0.25) is 0 Å². The molecule has 5 heteroatoms. The van der Waals surface area contributed by atoms with E-state index >= 15 is 0 Å². The number of quaternary nitrogens is 1. The molecule has 0 radical (unpaired) electrons. The van der Waals surface area contributed by atoms with Gasteiger partial charge in [-0.25, -0.2) is 0 Å². The maximum absolute atomic E-state index is 9.35. The van der Waals surface area contributed by atoms with Crippen LogP contribution in [0.2, 0.25) is 0 Å².